The van der Waals surface area contributed by atoms with Crippen molar-refractivity contribution in [1.82, 2.24) is 4.72 Å². The van der Waals surface area contributed by atoms with Gasteiger partial charge in [-0.3, -0.25) is 0 Å². The summed E-state index contributed by atoms with van der Waals surface area (Å²) in [5, 5.41) is 0.261. The van der Waals surface area contributed by atoms with Crippen LogP contribution in [0.3, 0.4) is 0 Å². The van der Waals surface area contributed by atoms with Gasteiger partial charge in [0.05, 0.1) is 17.0 Å². The fourth-order valence-corrected chi connectivity index (χ4v) is 3.22. The van der Waals surface area contributed by atoms with Crippen LogP contribution in [-0.4, -0.2) is 28.1 Å². The predicted octanol–water partition coefficient (Wildman–Crippen LogP) is 1.36. The second-order valence-electron chi connectivity index (χ2n) is 4.65. The van der Waals surface area contributed by atoms with Crippen molar-refractivity contribution < 1.29 is 13.2 Å². The molecule has 1 saturated carbocycles. The van der Waals surface area contributed by atoms with Crippen LogP contribution in [0.4, 0.5) is 0 Å². The molecule has 7 heteroatoms. The zero-order chi connectivity index (χ0) is 14.0. The molecule has 5 nitrogen and oxygen atoms in total. The number of hydrogen-bond donors (Lipinski definition) is 2. The first kappa shape index (κ1) is 14.6. The molecule has 1 aliphatic carbocycles. The third kappa shape index (κ3) is 3.60. The molecule has 0 bridgehead atoms. The Morgan fingerprint density at radius 2 is 2.21 bits per heavy atom. The summed E-state index contributed by atoms with van der Waals surface area (Å²) in [6, 6.07) is 4.22. The normalized spacial score (nSPS) is 17.2. The Kier molecular flexibility index (Phi) is 4.35. The Morgan fingerprint density at radius 3 is 2.74 bits per heavy atom. The summed E-state index contributed by atoms with van der Waals surface area (Å²) in [7, 11) is -2.10. The number of nitrogens with two attached hydrogens (primary N) is 1. The zero-order valence-corrected chi connectivity index (χ0v) is 12.2. The average molecular weight is 305 g/mol. The molecule has 1 fully saturated rings. The van der Waals surface area contributed by atoms with Gasteiger partial charge in [0.15, 0.2) is 0 Å². The Morgan fingerprint density at radius 1 is 1.53 bits per heavy atom. The van der Waals surface area contributed by atoms with Crippen LogP contribution >= 0.6 is 11.6 Å². The summed E-state index contributed by atoms with van der Waals surface area (Å²) >= 11 is 5.92. The van der Waals surface area contributed by atoms with Crippen LogP contribution in [0, 0.1) is 5.92 Å². The Labute approximate surface area is 118 Å². The highest BCUT2D eigenvalue weighted by Crippen LogP contribution is 2.31. The van der Waals surface area contributed by atoms with E-state index in [0.29, 0.717) is 11.7 Å². The Balaban J connectivity index is 2.07. The summed E-state index contributed by atoms with van der Waals surface area (Å²) in [4.78, 5) is 0.112. The van der Waals surface area contributed by atoms with Crippen molar-refractivity contribution in [3.63, 3.8) is 0 Å². The zero-order valence-electron chi connectivity index (χ0n) is 10.6. The molecule has 1 aromatic rings. The third-order valence-electron chi connectivity index (χ3n) is 3.17. The molecule has 3 N–H and O–H groups in total. The molecule has 0 heterocycles. The minimum absolute atomic E-state index is 0.112. The third-order valence-corrected chi connectivity index (χ3v) is 4.89. The fraction of sp³-hybridized carbons (Fsp3) is 0.500. The summed E-state index contributed by atoms with van der Waals surface area (Å²) in [5.41, 5.74) is 5.87. The van der Waals surface area contributed by atoms with E-state index in [1.54, 1.807) is 0 Å². The lowest BCUT2D eigenvalue weighted by atomic mass is 10.2. The molecule has 1 atom stereocenters. The van der Waals surface area contributed by atoms with Crippen molar-refractivity contribution in [2.75, 3.05) is 13.7 Å². The van der Waals surface area contributed by atoms with Crippen molar-refractivity contribution in [3.05, 3.63) is 23.2 Å². The van der Waals surface area contributed by atoms with Gasteiger partial charge in [-0.2, -0.15) is 0 Å². The standard InChI is InChI=1S/C12H17ClN2O3S/c1-18-12-5-4-9(6-10(12)13)19(16,17)15-7-11(14)8-2-3-8/h4-6,8,11,15H,2-3,7,14H2,1H3. The van der Waals surface area contributed by atoms with Gasteiger partial charge in [-0.25, -0.2) is 13.1 Å². The first-order chi connectivity index (χ1) is 8.94. The van der Waals surface area contributed by atoms with E-state index in [4.69, 9.17) is 22.1 Å². The van der Waals surface area contributed by atoms with Gasteiger partial charge in [0.2, 0.25) is 10.0 Å². The average Bonchev–Trinajstić information content (AvgIpc) is 3.20. The molecule has 19 heavy (non-hydrogen) atoms. The summed E-state index contributed by atoms with van der Waals surface area (Å²) in [5.74, 6) is 0.887. The summed E-state index contributed by atoms with van der Waals surface area (Å²) in [6.45, 7) is 0.247. The van der Waals surface area contributed by atoms with Gasteiger partial charge in [-0.1, -0.05) is 11.6 Å². The van der Waals surface area contributed by atoms with Gasteiger partial charge in [0.1, 0.15) is 5.75 Å². The van der Waals surface area contributed by atoms with Crippen LogP contribution in [0.25, 0.3) is 0 Å². The molecule has 0 aromatic heterocycles. The molecule has 0 aliphatic heterocycles. The van der Waals surface area contributed by atoms with Crippen molar-refractivity contribution in [3.8, 4) is 5.75 Å². The van der Waals surface area contributed by atoms with Crippen molar-refractivity contribution >= 4 is 21.6 Å². The number of methoxy groups -OCH3 is 1. The van der Waals surface area contributed by atoms with Gasteiger partial charge >= 0.3 is 0 Å². The quantitative estimate of drug-likeness (QED) is 0.831. The van der Waals surface area contributed by atoms with Crippen LogP contribution in [0.1, 0.15) is 12.8 Å². The van der Waals surface area contributed by atoms with Crippen molar-refractivity contribution in [2.45, 2.75) is 23.8 Å². The second-order valence-corrected chi connectivity index (χ2v) is 6.82. The van der Waals surface area contributed by atoms with Crippen LogP contribution in [0.15, 0.2) is 23.1 Å². The lowest BCUT2D eigenvalue weighted by Gasteiger charge is -2.12. The highest BCUT2D eigenvalue weighted by atomic mass is 35.5. The molecule has 2 rings (SSSR count). The maximum absolute atomic E-state index is 12.1. The molecule has 106 valence electrons. The van der Waals surface area contributed by atoms with E-state index >= 15 is 0 Å². The number of benzene rings is 1. The van der Waals surface area contributed by atoms with E-state index in [2.05, 4.69) is 4.72 Å². The molecule has 1 unspecified atom stereocenters. The van der Waals surface area contributed by atoms with E-state index in [1.807, 2.05) is 0 Å². The fourth-order valence-electron chi connectivity index (χ4n) is 1.79. The van der Waals surface area contributed by atoms with Crippen molar-refractivity contribution in [1.29, 1.82) is 0 Å². The minimum Gasteiger partial charge on any atom is -0.495 e. The highest BCUT2D eigenvalue weighted by molar-refractivity contribution is 7.89. The van der Waals surface area contributed by atoms with E-state index in [9.17, 15) is 8.42 Å². The first-order valence-electron chi connectivity index (χ1n) is 6.03. The van der Waals surface area contributed by atoms with Gasteiger partial charge in [-0.05, 0) is 37.0 Å². The van der Waals surface area contributed by atoms with Crippen LogP contribution in [-0.2, 0) is 10.0 Å². The molecule has 1 aromatic carbocycles. The lowest BCUT2D eigenvalue weighted by Crippen LogP contribution is -2.38. The Hall–Kier alpha value is -0.820. The molecule has 0 amide bonds. The summed E-state index contributed by atoms with van der Waals surface area (Å²) in [6.07, 6.45) is 2.16. The van der Waals surface area contributed by atoms with Gasteiger partial charge in [-0.15, -0.1) is 0 Å². The molecular weight excluding hydrogens is 288 g/mol. The first-order valence-corrected chi connectivity index (χ1v) is 7.89. The second kappa shape index (κ2) is 5.66. The van der Waals surface area contributed by atoms with Crippen molar-refractivity contribution in [2.24, 2.45) is 11.7 Å². The van der Waals surface area contributed by atoms with Gasteiger partial charge in [0.25, 0.3) is 0 Å². The minimum atomic E-state index is -3.58. The maximum atomic E-state index is 12.1. The number of nitrogens with one attached hydrogen (secondary N) is 1. The van der Waals surface area contributed by atoms with Crippen LogP contribution < -0.4 is 15.2 Å². The molecule has 0 saturated heterocycles. The largest absolute Gasteiger partial charge is 0.495 e. The predicted molar refractivity (Wildman–Crippen MR) is 73.9 cm³/mol. The number of halogens is 1. The number of sulfonamides is 1. The SMILES string of the molecule is COc1ccc(S(=O)(=O)NCC(N)C2CC2)cc1Cl. The van der Waals surface area contributed by atoms with Gasteiger partial charge < -0.3 is 10.5 Å². The molecule has 1 aliphatic rings. The smallest absolute Gasteiger partial charge is 0.240 e. The monoisotopic (exact) mass is 304 g/mol. The van der Waals surface area contributed by atoms with Gasteiger partial charge in [0, 0.05) is 12.6 Å². The van der Waals surface area contributed by atoms with Crippen LogP contribution in [0.2, 0.25) is 5.02 Å². The number of ether oxygens (including phenoxy) is 1. The Bertz CT molecular complexity index is 558. The van der Waals surface area contributed by atoms with E-state index in [1.165, 1.54) is 25.3 Å². The lowest BCUT2D eigenvalue weighted by molar-refractivity contribution is 0.414. The molecule has 0 radical (unpaired) electrons. The summed E-state index contributed by atoms with van der Waals surface area (Å²) < 4.78 is 31.6. The van der Waals surface area contributed by atoms with Crippen LogP contribution in [0.5, 0.6) is 5.75 Å². The highest BCUT2D eigenvalue weighted by Gasteiger charge is 2.29. The maximum Gasteiger partial charge on any atom is 0.240 e. The number of rotatable bonds is 6. The van der Waals surface area contributed by atoms with E-state index in [0.717, 1.165) is 12.8 Å². The topological polar surface area (TPSA) is 81.4 Å². The molecule has 0 spiro atoms. The van der Waals surface area contributed by atoms with E-state index < -0.39 is 10.0 Å². The van der Waals surface area contributed by atoms with E-state index in [-0.39, 0.29) is 22.5 Å². The molecular formula is C12H17ClN2O3S. The number of hydrogen-bond acceptors (Lipinski definition) is 4.